The highest BCUT2D eigenvalue weighted by Crippen LogP contribution is 2.28. The normalized spacial score (nSPS) is 22.9. The number of hydrogen-bond acceptors (Lipinski definition) is 13. The van der Waals surface area contributed by atoms with Crippen LogP contribution in [0.3, 0.4) is 0 Å². The second-order valence-electron chi connectivity index (χ2n) is 6.45. The highest BCUT2D eigenvalue weighted by atomic mass is 32.2. The smallest absolute Gasteiger partial charge is 0.303 e. The maximum absolute atomic E-state index is 12.4. The summed E-state index contributed by atoms with van der Waals surface area (Å²) < 4.78 is 22.4. The summed E-state index contributed by atoms with van der Waals surface area (Å²) in [6.45, 7) is 3.18. The molecule has 1 fully saturated rings. The molecule has 1 saturated heterocycles. The number of rotatable bonds is 7. The Balaban J connectivity index is 2.47. The summed E-state index contributed by atoms with van der Waals surface area (Å²) in [6.07, 6.45) is -3.13. The van der Waals surface area contributed by atoms with Crippen LogP contribution in [0.15, 0.2) is 15.1 Å². The number of aromatic nitrogens is 2. The molecule has 1 aliphatic heterocycles. The number of esters is 3. The van der Waals surface area contributed by atoms with Crippen LogP contribution in [0.2, 0.25) is 0 Å². The van der Waals surface area contributed by atoms with E-state index in [0.29, 0.717) is 0 Å². The molecule has 0 aromatic carbocycles. The summed E-state index contributed by atoms with van der Waals surface area (Å²) in [4.78, 5) is 62.6. The van der Waals surface area contributed by atoms with Crippen molar-refractivity contribution in [2.24, 2.45) is 12.2 Å². The zero-order valence-corrected chi connectivity index (χ0v) is 18.3. The lowest BCUT2D eigenvalue weighted by atomic mass is 10.0. The molecule has 0 aliphatic carbocycles. The number of thioether (sulfide) groups is 1. The van der Waals surface area contributed by atoms with Gasteiger partial charge in [-0.25, -0.2) is 4.98 Å². The van der Waals surface area contributed by atoms with E-state index in [0.717, 1.165) is 37.1 Å². The minimum absolute atomic E-state index is 0.211. The molecule has 0 bridgehead atoms. The van der Waals surface area contributed by atoms with Crippen molar-refractivity contribution in [1.29, 1.82) is 0 Å². The minimum Gasteiger partial charge on any atom is -0.456 e. The van der Waals surface area contributed by atoms with E-state index in [1.165, 1.54) is 7.05 Å². The number of nitrogens with zero attached hydrogens (tertiary/aromatic N) is 3. The standard InChI is InChI=1S/C17H22N4O9S/c1-7(22)28-10-6-27-15(13(30-9(3)24)12(10)29-8(2)23)18-14-11(20-26)16(25)21(4)17(19-14)31-5/h10,12-13,15,18H,6H2,1-5H3/t10-,12+,13-,15-/m1/s1. The molecule has 0 unspecified atom stereocenters. The fourth-order valence-electron chi connectivity index (χ4n) is 2.94. The molecule has 1 aliphatic rings. The minimum atomic E-state index is -1.30. The van der Waals surface area contributed by atoms with E-state index in [1.807, 2.05) is 0 Å². The molecule has 31 heavy (non-hydrogen) atoms. The highest BCUT2D eigenvalue weighted by molar-refractivity contribution is 7.98. The number of hydrogen-bond donors (Lipinski definition) is 1. The topological polar surface area (TPSA) is 164 Å². The highest BCUT2D eigenvalue weighted by Gasteiger charge is 2.47. The Hall–Kier alpha value is -3.00. The van der Waals surface area contributed by atoms with Gasteiger partial charge < -0.3 is 24.3 Å². The average Bonchev–Trinajstić information content (AvgIpc) is 2.68. The van der Waals surface area contributed by atoms with Gasteiger partial charge in [0, 0.05) is 27.8 Å². The summed E-state index contributed by atoms with van der Waals surface area (Å²) in [5, 5.41) is 5.73. The predicted molar refractivity (Wildman–Crippen MR) is 107 cm³/mol. The Morgan fingerprint density at radius 1 is 1.13 bits per heavy atom. The third kappa shape index (κ3) is 5.79. The first-order valence-corrected chi connectivity index (χ1v) is 10.2. The first-order chi connectivity index (χ1) is 14.6. The van der Waals surface area contributed by atoms with Crippen molar-refractivity contribution < 1.29 is 33.3 Å². The van der Waals surface area contributed by atoms with Gasteiger partial charge in [-0.2, -0.15) is 0 Å². The van der Waals surface area contributed by atoms with Crippen molar-refractivity contribution in [2.45, 2.75) is 50.5 Å². The van der Waals surface area contributed by atoms with Gasteiger partial charge in [0.25, 0.3) is 5.56 Å². The predicted octanol–water partition coefficient (Wildman–Crippen LogP) is 0.463. The largest absolute Gasteiger partial charge is 0.456 e. The molecule has 4 atom stereocenters. The Morgan fingerprint density at radius 2 is 1.71 bits per heavy atom. The number of ether oxygens (including phenoxy) is 4. The van der Waals surface area contributed by atoms with Gasteiger partial charge in [-0.05, 0) is 11.4 Å². The fraction of sp³-hybridized carbons (Fsp3) is 0.588. The first-order valence-electron chi connectivity index (χ1n) is 8.97. The molecule has 1 aromatic rings. The van der Waals surface area contributed by atoms with Crippen molar-refractivity contribution >= 4 is 41.2 Å². The van der Waals surface area contributed by atoms with Crippen LogP contribution in [0, 0.1) is 4.91 Å². The first kappa shape index (κ1) is 24.3. The average molecular weight is 458 g/mol. The lowest BCUT2D eigenvalue weighted by molar-refractivity contribution is -0.221. The monoisotopic (exact) mass is 458 g/mol. The van der Waals surface area contributed by atoms with Crippen LogP contribution in [0.4, 0.5) is 11.5 Å². The zero-order valence-electron chi connectivity index (χ0n) is 17.4. The lowest BCUT2D eigenvalue weighted by Crippen LogP contribution is -2.59. The third-order valence-corrected chi connectivity index (χ3v) is 4.86. The summed E-state index contributed by atoms with van der Waals surface area (Å²) in [5.74, 6) is -2.33. The zero-order chi connectivity index (χ0) is 23.3. The van der Waals surface area contributed by atoms with E-state index >= 15 is 0 Å². The molecule has 13 nitrogen and oxygen atoms in total. The second-order valence-corrected chi connectivity index (χ2v) is 7.22. The quantitative estimate of drug-likeness (QED) is 0.198. The van der Waals surface area contributed by atoms with Crippen molar-refractivity contribution in [3.63, 3.8) is 0 Å². The second kappa shape index (κ2) is 10.3. The van der Waals surface area contributed by atoms with Crippen LogP contribution in [-0.4, -0.2) is 64.9 Å². The van der Waals surface area contributed by atoms with Crippen molar-refractivity contribution in [3.8, 4) is 0 Å². The van der Waals surface area contributed by atoms with Crippen molar-refractivity contribution in [2.75, 3.05) is 18.2 Å². The van der Waals surface area contributed by atoms with E-state index in [9.17, 15) is 24.1 Å². The molecule has 2 rings (SSSR count). The van der Waals surface area contributed by atoms with Crippen molar-refractivity contribution in [3.05, 3.63) is 15.3 Å². The van der Waals surface area contributed by atoms with Gasteiger partial charge in [0.1, 0.15) is 0 Å². The third-order valence-electron chi connectivity index (χ3n) is 4.13. The van der Waals surface area contributed by atoms with Crippen LogP contribution >= 0.6 is 11.8 Å². The molecule has 14 heteroatoms. The van der Waals surface area contributed by atoms with E-state index in [4.69, 9.17) is 18.9 Å². The Labute approximate surface area is 180 Å². The molecule has 0 amide bonds. The summed E-state index contributed by atoms with van der Waals surface area (Å²) >= 11 is 1.15. The molecule has 0 spiro atoms. The van der Waals surface area contributed by atoms with Crippen LogP contribution in [0.5, 0.6) is 0 Å². The van der Waals surface area contributed by atoms with Gasteiger partial charge in [0.2, 0.25) is 5.69 Å². The maximum Gasteiger partial charge on any atom is 0.303 e. The van der Waals surface area contributed by atoms with E-state index in [2.05, 4.69) is 15.5 Å². The Morgan fingerprint density at radius 3 is 2.23 bits per heavy atom. The summed E-state index contributed by atoms with van der Waals surface area (Å²) in [6, 6.07) is 0. The van der Waals surface area contributed by atoms with Gasteiger partial charge in [0.15, 0.2) is 35.5 Å². The summed E-state index contributed by atoms with van der Waals surface area (Å²) in [7, 11) is 1.43. The van der Waals surface area contributed by atoms with Crippen LogP contribution in [0.25, 0.3) is 0 Å². The van der Waals surface area contributed by atoms with E-state index in [-0.39, 0.29) is 17.6 Å². The van der Waals surface area contributed by atoms with E-state index in [1.54, 1.807) is 6.26 Å². The van der Waals surface area contributed by atoms with Crippen LogP contribution < -0.4 is 10.9 Å². The van der Waals surface area contributed by atoms with Gasteiger partial charge in [-0.3, -0.25) is 23.7 Å². The molecule has 170 valence electrons. The van der Waals surface area contributed by atoms with Gasteiger partial charge >= 0.3 is 17.9 Å². The Bertz CT molecular complexity index is 935. The molecule has 1 N–H and O–H groups in total. The fourth-order valence-corrected chi connectivity index (χ4v) is 3.48. The Kier molecular flexibility index (Phi) is 8.10. The maximum atomic E-state index is 12.4. The number of nitrogens with one attached hydrogen (secondary N) is 1. The molecule has 0 radical (unpaired) electrons. The number of anilines is 1. The van der Waals surface area contributed by atoms with Crippen LogP contribution in [-0.2, 0) is 40.4 Å². The van der Waals surface area contributed by atoms with Gasteiger partial charge in [0.05, 0.1) is 6.61 Å². The molecule has 0 saturated carbocycles. The molecule has 1 aromatic heterocycles. The lowest BCUT2D eigenvalue weighted by Gasteiger charge is -2.40. The van der Waals surface area contributed by atoms with Crippen molar-refractivity contribution in [1.82, 2.24) is 9.55 Å². The van der Waals surface area contributed by atoms with E-state index < -0.39 is 53.7 Å². The number of carbonyl (C=O) groups excluding carboxylic acids is 3. The summed E-state index contributed by atoms with van der Waals surface area (Å²) in [5.41, 5.74) is -1.22. The number of nitroso groups, excluding NO2 is 1. The van der Waals surface area contributed by atoms with Gasteiger partial charge in [-0.1, -0.05) is 11.8 Å². The van der Waals surface area contributed by atoms with Crippen LogP contribution in [0.1, 0.15) is 20.8 Å². The molecular weight excluding hydrogens is 436 g/mol. The molecule has 2 heterocycles. The number of carbonyl (C=O) groups is 3. The SMILES string of the molecule is CSc1nc(N[C@@H]2OC[C@@H](OC(C)=O)[C@H](OC(C)=O)[C@H]2OC(C)=O)c(N=O)c(=O)n1C. The molecular formula is C17H22N4O9S. The van der Waals surface area contributed by atoms with Gasteiger partial charge in [-0.15, -0.1) is 4.91 Å².